The molecule has 0 radical (unpaired) electrons. The Labute approximate surface area is 113 Å². The lowest BCUT2D eigenvalue weighted by Crippen LogP contribution is -2.03. The van der Waals surface area contributed by atoms with Crippen LogP contribution in [0.25, 0.3) is 0 Å². The normalized spacial score (nSPS) is 10.3. The first-order chi connectivity index (χ1) is 8.97. The Morgan fingerprint density at radius 1 is 1.42 bits per heavy atom. The number of aryl methyl sites for hydroxylation is 1. The highest BCUT2D eigenvalue weighted by Crippen LogP contribution is 2.31. The van der Waals surface area contributed by atoms with Gasteiger partial charge in [0.2, 0.25) is 5.88 Å². The quantitative estimate of drug-likeness (QED) is 0.932. The number of aromatic nitrogens is 1. The van der Waals surface area contributed by atoms with Crippen molar-refractivity contribution in [1.29, 1.82) is 0 Å². The third kappa shape index (κ3) is 3.00. The number of carboxylic acids is 1. The number of benzene rings is 1. The van der Waals surface area contributed by atoms with Gasteiger partial charge in [0.25, 0.3) is 0 Å². The Bertz CT molecular complexity index is 646. The van der Waals surface area contributed by atoms with Crippen molar-refractivity contribution in [2.45, 2.75) is 6.92 Å². The summed E-state index contributed by atoms with van der Waals surface area (Å²) >= 11 is 5.94. The fraction of sp³-hybridized carbons (Fsp3) is 0.0769. The fourth-order valence-electron chi connectivity index (χ4n) is 1.45. The van der Waals surface area contributed by atoms with E-state index < -0.39 is 11.8 Å². The van der Waals surface area contributed by atoms with Gasteiger partial charge < -0.3 is 9.84 Å². The molecule has 0 bridgehead atoms. The van der Waals surface area contributed by atoms with E-state index in [-0.39, 0.29) is 17.2 Å². The largest absolute Gasteiger partial charge is 0.477 e. The maximum Gasteiger partial charge on any atom is 0.341 e. The third-order valence-electron chi connectivity index (χ3n) is 2.34. The second-order valence-corrected chi connectivity index (χ2v) is 4.25. The van der Waals surface area contributed by atoms with Crippen LogP contribution < -0.4 is 4.74 Å². The van der Waals surface area contributed by atoms with Crippen LogP contribution in [0.5, 0.6) is 11.6 Å². The van der Waals surface area contributed by atoms with Crippen LogP contribution in [-0.4, -0.2) is 16.1 Å². The van der Waals surface area contributed by atoms with Crippen LogP contribution in [0, 0.1) is 12.7 Å². The summed E-state index contributed by atoms with van der Waals surface area (Å²) in [7, 11) is 0. The number of nitrogens with zero attached hydrogens (tertiary/aromatic N) is 1. The topological polar surface area (TPSA) is 59.4 Å². The number of rotatable bonds is 3. The van der Waals surface area contributed by atoms with Crippen LogP contribution in [0.1, 0.15) is 15.9 Å². The van der Waals surface area contributed by atoms with E-state index in [1.807, 2.05) is 6.92 Å². The highest BCUT2D eigenvalue weighted by atomic mass is 35.5. The van der Waals surface area contributed by atoms with Crippen molar-refractivity contribution < 1.29 is 19.0 Å². The van der Waals surface area contributed by atoms with Gasteiger partial charge in [0.05, 0.1) is 11.2 Å². The predicted molar refractivity (Wildman–Crippen MR) is 67.4 cm³/mol. The molecule has 4 nitrogen and oxygen atoms in total. The zero-order valence-electron chi connectivity index (χ0n) is 9.85. The van der Waals surface area contributed by atoms with Crippen LogP contribution >= 0.6 is 11.6 Å². The van der Waals surface area contributed by atoms with Gasteiger partial charge in [-0.1, -0.05) is 17.7 Å². The van der Waals surface area contributed by atoms with E-state index in [4.69, 9.17) is 21.4 Å². The molecule has 19 heavy (non-hydrogen) atoms. The monoisotopic (exact) mass is 281 g/mol. The van der Waals surface area contributed by atoms with Crippen LogP contribution in [0.3, 0.4) is 0 Å². The summed E-state index contributed by atoms with van der Waals surface area (Å²) in [6.07, 6.45) is 0.880. The predicted octanol–water partition coefficient (Wildman–Crippen LogP) is 3.67. The van der Waals surface area contributed by atoms with Crippen LogP contribution in [-0.2, 0) is 0 Å². The first-order valence-electron chi connectivity index (χ1n) is 5.30. The Kier molecular flexibility index (Phi) is 3.66. The Morgan fingerprint density at radius 3 is 2.84 bits per heavy atom. The fourth-order valence-corrected chi connectivity index (χ4v) is 1.61. The van der Waals surface area contributed by atoms with Gasteiger partial charge in [-0.05, 0) is 30.7 Å². The molecule has 98 valence electrons. The zero-order valence-corrected chi connectivity index (χ0v) is 10.6. The minimum Gasteiger partial charge on any atom is -0.477 e. The number of carboxylic acid groups (broad SMARTS) is 1. The standard InChI is InChI=1S/C13H9ClFNO3/c1-7-2-3-10(14)11(4-7)19-12-9(13(17)18)5-8(15)6-16-12/h2-6H,1H3,(H,17,18). The van der Waals surface area contributed by atoms with Gasteiger partial charge in [0.15, 0.2) is 0 Å². The smallest absolute Gasteiger partial charge is 0.341 e. The lowest BCUT2D eigenvalue weighted by molar-refractivity contribution is 0.0692. The summed E-state index contributed by atoms with van der Waals surface area (Å²) < 4.78 is 18.3. The summed E-state index contributed by atoms with van der Waals surface area (Å²) in [5.74, 6) is -2.02. The van der Waals surface area contributed by atoms with Crippen molar-refractivity contribution in [3.63, 3.8) is 0 Å². The first kappa shape index (κ1) is 13.3. The van der Waals surface area contributed by atoms with Crippen molar-refractivity contribution in [2.75, 3.05) is 0 Å². The third-order valence-corrected chi connectivity index (χ3v) is 2.65. The van der Waals surface area contributed by atoms with Gasteiger partial charge in [-0.15, -0.1) is 0 Å². The van der Waals surface area contributed by atoms with E-state index in [1.165, 1.54) is 0 Å². The summed E-state index contributed by atoms with van der Waals surface area (Å²) in [4.78, 5) is 14.6. The molecule has 2 aromatic rings. The number of ether oxygens (including phenoxy) is 1. The minimum absolute atomic E-state index is 0.207. The minimum atomic E-state index is -1.33. The highest BCUT2D eigenvalue weighted by molar-refractivity contribution is 6.32. The number of halogens is 2. The lowest BCUT2D eigenvalue weighted by atomic mass is 10.2. The van der Waals surface area contributed by atoms with Crippen LogP contribution in [0.4, 0.5) is 4.39 Å². The average molecular weight is 282 g/mol. The maximum absolute atomic E-state index is 13.0. The van der Waals surface area contributed by atoms with Gasteiger partial charge in [-0.3, -0.25) is 0 Å². The van der Waals surface area contributed by atoms with Crippen molar-refractivity contribution in [2.24, 2.45) is 0 Å². The molecule has 1 N–H and O–H groups in total. The Morgan fingerprint density at radius 2 is 2.16 bits per heavy atom. The van der Waals surface area contributed by atoms with Crippen LogP contribution in [0.2, 0.25) is 5.02 Å². The van der Waals surface area contributed by atoms with E-state index in [0.29, 0.717) is 5.02 Å². The molecule has 1 aromatic carbocycles. The SMILES string of the molecule is Cc1ccc(Cl)c(Oc2ncc(F)cc2C(=O)O)c1. The second-order valence-electron chi connectivity index (χ2n) is 3.85. The highest BCUT2D eigenvalue weighted by Gasteiger charge is 2.16. The summed E-state index contributed by atoms with van der Waals surface area (Å²) in [6.45, 7) is 1.83. The van der Waals surface area contributed by atoms with Crippen molar-refractivity contribution in [1.82, 2.24) is 4.98 Å². The van der Waals surface area contributed by atoms with E-state index in [0.717, 1.165) is 17.8 Å². The van der Waals surface area contributed by atoms with Crippen molar-refractivity contribution in [3.05, 3.63) is 52.4 Å². The van der Waals surface area contributed by atoms with E-state index >= 15 is 0 Å². The zero-order chi connectivity index (χ0) is 14.0. The van der Waals surface area contributed by atoms with Gasteiger partial charge in [-0.2, -0.15) is 0 Å². The summed E-state index contributed by atoms with van der Waals surface area (Å²) in [5, 5.41) is 9.29. The van der Waals surface area contributed by atoms with E-state index in [2.05, 4.69) is 4.98 Å². The molecule has 0 atom stereocenters. The molecule has 0 unspecified atom stereocenters. The number of carbonyl (C=O) groups is 1. The first-order valence-corrected chi connectivity index (χ1v) is 5.68. The molecule has 1 heterocycles. The molecular formula is C13H9ClFNO3. The molecular weight excluding hydrogens is 273 g/mol. The Balaban J connectivity index is 2.43. The molecule has 0 aliphatic carbocycles. The second kappa shape index (κ2) is 5.24. The molecule has 0 spiro atoms. The van der Waals surface area contributed by atoms with Crippen molar-refractivity contribution in [3.8, 4) is 11.6 Å². The Hall–Kier alpha value is -2.14. The van der Waals surface area contributed by atoms with Gasteiger partial charge in [-0.25, -0.2) is 14.2 Å². The van der Waals surface area contributed by atoms with Crippen LogP contribution in [0.15, 0.2) is 30.5 Å². The number of hydrogen-bond donors (Lipinski definition) is 1. The molecule has 1 aromatic heterocycles. The average Bonchev–Trinajstić information content (AvgIpc) is 2.35. The van der Waals surface area contributed by atoms with E-state index in [9.17, 15) is 9.18 Å². The van der Waals surface area contributed by atoms with Gasteiger partial charge in [0.1, 0.15) is 17.1 Å². The van der Waals surface area contributed by atoms with Gasteiger partial charge >= 0.3 is 5.97 Å². The number of hydrogen-bond acceptors (Lipinski definition) is 3. The molecule has 0 saturated heterocycles. The van der Waals surface area contributed by atoms with E-state index in [1.54, 1.807) is 18.2 Å². The molecule has 0 saturated carbocycles. The molecule has 0 fully saturated rings. The lowest BCUT2D eigenvalue weighted by Gasteiger charge is -2.09. The summed E-state index contributed by atoms with van der Waals surface area (Å²) in [5.41, 5.74) is 0.524. The number of aromatic carboxylic acids is 1. The maximum atomic E-state index is 13.0. The molecule has 0 amide bonds. The molecule has 0 aliphatic heterocycles. The van der Waals surface area contributed by atoms with Crippen molar-refractivity contribution >= 4 is 17.6 Å². The molecule has 6 heteroatoms. The summed E-state index contributed by atoms with van der Waals surface area (Å²) in [6, 6.07) is 5.88. The number of pyridine rings is 1. The van der Waals surface area contributed by atoms with Gasteiger partial charge in [0, 0.05) is 0 Å². The molecule has 2 rings (SSSR count). The molecule has 0 aliphatic rings.